The minimum atomic E-state index is 0.142. The van der Waals surface area contributed by atoms with Crippen LogP contribution in [0.2, 0.25) is 0 Å². The molecule has 1 spiro atoms. The molecule has 1 heteroatoms. The molecule has 0 amide bonds. The fourth-order valence-electron chi connectivity index (χ4n) is 11.7. The van der Waals surface area contributed by atoms with Gasteiger partial charge in [-0.15, -0.1) is 0 Å². The van der Waals surface area contributed by atoms with Crippen LogP contribution in [-0.4, -0.2) is 0 Å². The van der Waals surface area contributed by atoms with Gasteiger partial charge in [-0.3, -0.25) is 0 Å². The molecule has 1 nitrogen and oxygen atoms in total. The zero-order chi connectivity index (χ0) is 31.0. The van der Waals surface area contributed by atoms with E-state index in [9.17, 15) is 0 Å². The molecule has 4 saturated carbocycles. The highest BCUT2D eigenvalue weighted by atomic mass is 15.1. The van der Waals surface area contributed by atoms with Crippen LogP contribution in [0.4, 0.5) is 17.1 Å². The van der Waals surface area contributed by atoms with Crippen LogP contribution < -0.4 is 4.90 Å². The van der Waals surface area contributed by atoms with E-state index in [1.54, 1.807) is 11.1 Å². The van der Waals surface area contributed by atoms with Crippen molar-refractivity contribution in [3.05, 3.63) is 125 Å². The zero-order valence-electron chi connectivity index (χ0n) is 27.8. The molecular weight excluding hydrogens is 555 g/mol. The highest BCUT2D eigenvalue weighted by molar-refractivity contribution is 6.03. The molecule has 0 heterocycles. The Labute approximate surface area is 274 Å². The van der Waals surface area contributed by atoms with Gasteiger partial charge in [0.05, 0.1) is 11.4 Å². The third kappa shape index (κ3) is 3.42. The van der Waals surface area contributed by atoms with Crippen molar-refractivity contribution in [3.63, 3.8) is 0 Å². The highest BCUT2D eigenvalue weighted by Crippen LogP contribution is 2.73. The third-order valence-electron chi connectivity index (χ3n) is 13.7. The molecule has 4 fully saturated rings. The molecule has 5 atom stereocenters. The second-order valence-electron chi connectivity index (χ2n) is 16.8. The molecule has 0 N–H and O–H groups in total. The Hall–Kier alpha value is -3.84. The molecule has 0 radical (unpaired) electrons. The van der Waals surface area contributed by atoms with Crippen molar-refractivity contribution in [2.75, 3.05) is 4.90 Å². The summed E-state index contributed by atoms with van der Waals surface area (Å²) < 4.78 is 0. The summed E-state index contributed by atoms with van der Waals surface area (Å²) >= 11 is 0. The Morgan fingerprint density at radius 3 is 2.17 bits per heavy atom. The van der Waals surface area contributed by atoms with Crippen LogP contribution in [0.3, 0.4) is 0 Å². The molecule has 11 rings (SSSR count). The highest BCUT2D eigenvalue weighted by Gasteiger charge is 2.66. The van der Waals surface area contributed by atoms with Crippen molar-refractivity contribution < 1.29 is 0 Å². The number of hydrogen-bond donors (Lipinski definition) is 0. The summed E-state index contributed by atoms with van der Waals surface area (Å²) in [5.41, 5.74) is 13.6. The lowest BCUT2D eigenvalue weighted by Crippen LogP contribution is -2.40. The van der Waals surface area contributed by atoms with Gasteiger partial charge in [-0.25, -0.2) is 0 Å². The summed E-state index contributed by atoms with van der Waals surface area (Å²) in [6.07, 6.45) is 8.15. The van der Waals surface area contributed by atoms with Crippen LogP contribution >= 0.6 is 0 Å². The maximum absolute atomic E-state index is 2.64. The van der Waals surface area contributed by atoms with Crippen molar-refractivity contribution >= 4 is 27.8 Å². The minimum Gasteiger partial charge on any atom is -0.309 e. The van der Waals surface area contributed by atoms with Gasteiger partial charge in [0.1, 0.15) is 0 Å². The maximum Gasteiger partial charge on any atom is 0.0543 e. The van der Waals surface area contributed by atoms with Gasteiger partial charge in [0.2, 0.25) is 0 Å². The summed E-state index contributed by atoms with van der Waals surface area (Å²) in [6, 6.07) is 40.2. The molecule has 0 saturated heterocycles. The first-order valence-corrected chi connectivity index (χ1v) is 17.9. The van der Waals surface area contributed by atoms with Gasteiger partial charge in [-0.05, 0) is 130 Å². The standard InChI is InChI=1S/C45H45N/c1-43(2)21-22-44(3,4)39-27-32(19-20-36(39)43)46(40-17-9-12-29-11-5-6-13-33(29)40)41-18-10-16-37-42(41)34-14-7-8-15-35(34)45(37)31-24-28-23-30(26-31)38(45)25-28/h5-20,27-28,30-31,38H,21-26H2,1-4H3. The lowest BCUT2D eigenvalue weighted by molar-refractivity contribution is 0.191. The van der Waals surface area contributed by atoms with Crippen molar-refractivity contribution in [3.8, 4) is 11.1 Å². The summed E-state index contributed by atoms with van der Waals surface area (Å²) in [4.78, 5) is 2.64. The number of anilines is 3. The fraction of sp³-hybridized carbons (Fsp3) is 0.378. The molecule has 6 aliphatic rings. The molecule has 4 bridgehead atoms. The van der Waals surface area contributed by atoms with E-state index < -0.39 is 0 Å². The van der Waals surface area contributed by atoms with Gasteiger partial charge in [0, 0.05) is 22.1 Å². The van der Waals surface area contributed by atoms with Gasteiger partial charge < -0.3 is 4.90 Å². The molecule has 46 heavy (non-hydrogen) atoms. The first-order valence-electron chi connectivity index (χ1n) is 17.9. The predicted molar refractivity (Wildman–Crippen MR) is 193 cm³/mol. The molecule has 5 unspecified atom stereocenters. The summed E-state index contributed by atoms with van der Waals surface area (Å²) in [5, 5.41) is 2.60. The SMILES string of the molecule is CC1(C)CCC(C)(C)c2cc(N(c3cccc4c3-c3ccccc3C43C4CC5CC(C4)C3C5)c3cccc4ccccc34)ccc21. The zero-order valence-corrected chi connectivity index (χ0v) is 27.8. The van der Waals surface area contributed by atoms with Gasteiger partial charge in [-0.1, -0.05) is 107 Å². The number of fused-ring (bicyclic) bond motifs is 5. The van der Waals surface area contributed by atoms with Crippen molar-refractivity contribution in [1.82, 2.24) is 0 Å². The average molecular weight is 600 g/mol. The lowest BCUT2D eigenvalue weighted by Gasteiger charge is -2.44. The van der Waals surface area contributed by atoms with E-state index in [4.69, 9.17) is 0 Å². The predicted octanol–water partition coefficient (Wildman–Crippen LogP) is 12.0. The van der Waals surface area contributed by atoms with Crippen LogP contribution in [0.1, 0.15) is 88.5 Å². The van der Waals surface area contributed by atoms with Gasteiger partial charge in [-0.2, -0.15) is 0 Å². The lowest BCUT2D eigenvalue weighted by atomic mass is 9.59. The molecular formula is C45H45N. The number of rotatable bonds is 3. The Kier molecular flexibility index (Phi) is 5.43. The number of hydrogen-bond acceptors (Lipinski definition) is 1. The van der Waals surface area contributed by atoms with E-state index in [0.717, 1.165) is 23.7 Å². The van der Waals surface area contributed by atoms with Crippen LogP contribution in [0, 0.1) is 23.7 Å². The van der Waals surface area contributed by atoms with Gasteiger partial charge in [0.25, 0.3) is 0 Å². The van der Waals surface area contributed by atoms with E-state index in [1.807, 2.05) is 0 Å². The van der Waals surface area contributed by atoms with E-state index >= 15 is 0 Å². The monoisotopic (exact) mass is 599 g/mol. The topological polar surface area (TPSA) is 3.24 Å². The largest absolute Gasteiger partial charge is 0.309 e. The van der Waals surface area contributed by atoms with E-state index in [2.05, 4.69) is 136 Å². The minimum absolute atomic E-state index is 0.142. The second kappa shape index (κ2) is 9.15. The van der Waals surface area contributed by atoms with Crippen molar-refractivity contribution in [1.29, 1.82) is 0 Å². The molecule has 6 aliphatic carbocycles. The van der Waals surface area contributed by atoms with E-state index in [1.165, 1.54) is 88.6 Å². The first kappa shape index (κ1) is 27.3. The third-order valence-corrected chi connectivity index (χ3v) is 13.7. The number of nitrogens with zero attached hydrogens (tertiary/aromatic N) is 1. The number of benzene rings is 5. The van der Waals surface area contributed by atoms with Gasteiger partial charge in [0.15, 0.2) is 0 Å². The molecule has 5 aromatic carbocycles. The van der Waals surface area contributed by atoms with Crippen molar-refractivity contribution in [2.45, 2.75) is 82.5 Å². The Bertz CT molecular complexity index is 2050. The molecule has 0 aliphatic heterocycles. The molecule has 5 aromatic rings. The van der Waals surface area contributed by atoms with E-state index in [-0.39, 0.29) is 16.2 Å². The quantitative estimate of drug-likeness (QED) is 0.199. The Morgan fingerprint density at radius 2 is 1.30 bits per heavy atom. The Balaban J connectivity index is 1.27. The van der Waals surface area contributed by atoms with Crippen molar-refractivity contribution in [2.24, 2.45) is 23.7 Å². The summed E-state index contributed by atoms with van der Waals surface area (Å²) in [5.74, 6) is 3.40. The van der Waals surface area contributed by atoms with Gasteiger partial charge >= 0.3 is 0 Å². The molecule has 230 valence electrons. The average Bonchev–Trinajstić information content (AvgIpc) is 3.61. The van der Waals surface area contributed by atoms with Crippen LogP contribution in [0.15, 0.2) is 103 Å². The smallest absolute Gasteiger partial charge is 0.0543 e. The van der Waals surface area contributed by atoms with E-state index in [0.29, 0.717) is 0 Å². The van der Waals surface area contributed by atoms with Crippen LogP contribution in [0.5, 0.6) is 0 Å². The first-order chi connectivity index (χ1) is 22.3. The fourth-order valence-corrected chi connectivity index (χ4v) is 11.7. The second-order valence-corrected chi connectivity index (χ2v) is 16.8. The molecule has 0 aromatic heterocycles. The summed E-state index contributed by atoms with van der Waals surface area (Å²) in [7, 11) is 0. The van der Waals surface area contributed by atoms with Crippen LogP contribution in [-0.2, 0) is 16.2 Å². The maximum atomic E-state index is 2.64. The summed E-state index contributed by atoms with van der Waals surface area (Å²) in [6.45, 7) is 9.79. The van der Waals surface area contributed by atoms with Crippen LogP contribution in [0.25, 0.3) is 21.9 Å². The Morgan fingerprint density at radius 1 is 0.587 bits per heavy atom. The normalized spacial score (nSPS) is 28.8.